The third-order valence-corrected chi connectivity index (χ3v) is 4.40. The van der Waals surface area contributed by atoms with E-state index in [0.717, 1.165) is 24.0 Å². The zero-order valence-corrected chi connectivity index (χ0v) is 17.0. The number of hydrogen-bond donors (Lipinski definition) is 3. The van der Waals surface area contributed by atoms with Gasteiger partial charge in [-0.1, -0.05) is 15.9 Å². The van der Waals surface area contributed by atoms with Crippen LogP contribution in [0.3, 0.4) is 0 Å². The maximum absolute atomic E-state index is 11.9. The van der Waals surface area contributed by atoms with Gasteiger partial charge in [0.25, 0.3) is 0 Å². The van der Waals surface area contributed by atoms with Crippen molar-refractivity contribution in [2.24, 2.45) is 4.99 Å². The van der Waals surface area contributed by atoms with Gasteiger partial charge in [-0.25, -0.2) is 0 Å². The van der Waals surface area contributed by atoms with Gasteiger partial charge in [0.05, 0.1) is 6.54 Å². The van der Waals surface area contributed by atoms with Gasteiger partial charge in [0, 0.05) is 41.9 Å². The molecule has 1 heterocycles. The summed E-state index contributed by atoms with van der Waals surface area (Å²) in [4.78, 5) is 18.5. The largest absolute Gasteiger partial charge is 0.369 e. The van der Waals surface area contributed by atoms with Crippen molar-refractivity contribution in [1.82, 2.24) is 16.0 Å². The Kier molecular flexibility index (Phi) is 6.70. The van der Waals surface area contributed by atoms with E-state index in [4.69, 9.17) is 0 Å². The van der Waals surface area contributed by atoms with Crippen LogP contribution in [0.25, 0.3) is 0 Å². The molecule has 1 atom stereocenters. The van der Waals surface area contributed by atoms with E-state index in [1.807, 2.05) is 20.8 Å². The molecule has 1 aliphatic rings. The molecule has 0 saturated carbocycles. The highest BCUT2D eigenvalue weighted by Gasteiger charge is 2.23. The SMILES string of the molecule is CN=C(NCC(=O)NC(C)(C)C)NC1CCN(c2ccc(Br)cc2)C1. The number of carbonyl (C=O) groups is 1. The molecule has 1 fully saturated rings. The van der Waals surface area contributed by atoms with Crippen LogP contribution >= 0.6 is 15.9 Å². The number of rotatable bonds is 4. The summed E-state index contributed by atoms with van der Waals surface area (Å²) in [6.07, 6.45) is 1.03. The number of hydrogen-bond acceptors (Lipinski definition) is 3. The van der Waals surface area contributed by atoms with Crippen molar-refractivity contribution in [3.8, 4) is 0 Å². The molecule has 1 aromatic carbocycles. The monoisotopic (exact) mass is 409 g/mol. The molecule has 7 heteroatoms. The van der Waals surface area contributed by atoms with Crippen molar-refractivity contribution in [2.45, 2.75) is 38.8 Å². The second kappa shape index (κ2) is 8.56. The molecule has 1 aliphatic heterocycles. The van der Waals surface area contributed by atoms with Crippen LogP contribution in [0.15, 0.2) is 33.7 Å². The van der Waals surface area contributed by atoms with Gasteiger partial charge in [-0.3, -0.25) is 9.79 Å². The predicted octanol–water partition coefficient (Wildman–Crippen LogP) is 2.11. The molecule has 25 heavy (non-hydrogen) atoms. The molecule has 0 aliphatic carbocycles. The average molecular weight is 410 g/mol. The average Bonchev–Trinajstić information content (AvgIpc) is 2.99. The first-order valence-corrected chi connectivity index (χ1v) is 9.35. The highest BCUT2D eigenvalue weighted by Crippen LogP contribution is 2.22. The quantitative estimate of drug-likeness (QED) is 0.526. The van der Waals surface area contributed by atoms with E-state index in [2.05, 4.69) is 66.0 Å². The Morgan fingerprint density at radius 3 is 2.60 bits per heavy atom. The fraction of sp³-hybridized carbons (Fsp3) is 0.556. The molecular weight excluding hydrogens is 382 g/mol. The van der Waals surface area contributed by atoms with Crippen LogP contribution in [-0.2, 0) is 4.79 Å². The highest BCUT2D eigenvalue weighted by molar-refractivity contribution is 9.10. The molecule has 1 unspecified atom stereocenters. The summed E-state index contributed by atoms with van der Waals surface area (Å²) in [6.45, 7) is 8.02. The van der Waals surface area contributed by atoms with Crippen molar-refractivity contribution in [3.05, 3.63) is 28.7 Å². The lowest BCUT2D eigenvalue weighted by atomic mass is 10.1. The van der Waals surface area contributed by atoms with Crippen molar-refractivity contribution >= 4 is 33.5 Å². The lowest BCUT2D eigenvalue weighted by Gasteiger charge is -2.22. The number of aliphatic imine (C=N–C) groups is 1. The van der Waals surface area contributed by atoms with Crippen LogP contribution in [0.2, 0.25) is 0 Å². The normalized spacial score (nSPS) is 18.2. The summed E-state index contributed by atoms with van der Waals surface area (Å²) in [7, 11) is 1.72. The van der Waals surface area contributed by atoms with E-state index in [1.54, 1.807) is 7.05 Å². The van der Waals surface area contributed by atoms with E-state index >= 15 is 0 Å². The fourth-order valence-electron chi connectivity index (χ4n) is 2.78. The molecule has 0 radical (unpaired) electrons. The van der Waals surface area contributed by atoms with Gasteiger partial charge in [0.15, 0.2) is 5.96 Å². The van der Waals surface area contributed by atoms with Gasteiger partial charge in [0.2, 0.25) is 5.91 Å². The molecular formula is C18H28BrN5O. The standard InChI is InChI=1S/C18H28BrN5O/c1-18(2,3)23-16(25)11-21-17(20-4)22-14-9-10-24(12-14)15-7-5-13(19)6-8-15/h5-8,14H,9-12H2,1-4H3,(H,23,25)(H2,20,21,22). The fourth-order valence-corrected chi connectivity index (χ4v) is 3.04. The molecule has 0 aromatic heterocycles. The van der Waals surface area contributed by atoms with Crippen LogP contribution in [0.5, 0.6) is 0 Å². The molecule has 0 bridgehead atoms. The number of guanidine groups is 1. The maximum Gasteiger partial charge on any atom is 0.239 e. The van der Waals surface area contributed by atoms with Gasteiger partial charge in [0.1, 0.15) is 0 Å². The minimum Gasteiger partial charge on any atom is -0.369 e. The molecule has 3 N–H and O–H groups in total. The van der Waals surface area contributed by atoms with Crippen LogP contribution in [0.1, 0.15) is 27.2 Å². The van der Waals surface area contributed by atoms with Crippen molar-refractivity contribution in [2.75, 3.05) is 31.6 Å². The number of anilines is 1. The molecule has 1 amide bonds. The van der Waals surface area contributed by atoms with Gasteiger partial charge in [-0.05, 0) is 51.5 Å². The first kappa shape index (κ1) is 19.6. The van der Waals surface area contributed by atoms with E-state index in [1.165, 1.54) is 5.69 Å². The molecule has 1 saturated heterocycles. The second-order valence-electron chi connectivity index (χ2n) is 7.28. The lowest BCUT2D eigenvalue weighted by molar-refractivity contribution is -0.121. The minimum atomic E-state index is -0.230. The zero-order valence-electron chi connectivity index (χ0n) is 15.4. The number of nitrogens with one attached hydrogen (secondary N) is 3. The van der Waals surface area contributed by atoms with E-state index < -0.39 is 0 Å². The van der Waals surface area contributed by atoms with Gasteiger partial charge in [-0.15, -0.1) is 0 Å². The number of nitrogens with zero attached hydrogens (tertiary/aromatic N) is 2. The molecule has 2 rings (SSSR count). The van der Waals surface area contributed by atoms with Crippen molar-refractivity contribution < 1.29 is 4.79 Å². The molecule has 138 valence electrons. The number of amides is 1. The summed E-state index contributed by atoms with van der Waals surface area (Å²) in [6, 6.07) is 8.67. The molecule has 0 spiro atoms. The summed E-state index contributed by atoms with van der Waals surface area (Å²) in [5.74, 6) is 0.616. The van der Waals surface area contributed by atoms with E-state index in [9.17, 15) is 4.79 Å². The van der Waals surface area contributed by atoms with Crippen LogP contribution in [0.4, 0.5) is 5.69 Å². The Hall–Kier alpha value is -1.76. The Morgan fingerprint density at radius 2 is 2.00 bits per heavy atom. The Bertz CT molecular complexity index is 609. The number of carbonyl (C=O) groups excluding carboxylic acids is 1. The smallest absolute Gasteiger partial charge is 0.239 e. The number of halogens is 1. The lowest BCUT2D eigenvalue weighted by Crippen LogP contribution is -2.50. The van der Waals surface area contributed by atoms with E-state index in [-0.39, 0.29) is 18.0 Å². The molecule has 6 nitrogen and oxygen atoms in total. The summed E-state index contributed by atoms with van der Waals surface area (Å²) >= 11 is 3.47. The second-order valence-corrected chi connectivity index (χ2v) is 8.19. The zero-order chi connectivity index (χ0) is 18.4. The van der Waals surface area contributed by atoms with Crippen molar-refractivity contribution in [1.29, 1.82) is 0 Å². The van der Waals surface area contributed by atoms with Gasteiger partial charge in [-0.2, -0.15) is 0 Å². The summed E-state index contributed by atoms with van der Waals surface area (Å²) in [5.41, 5.74) is 0.992. The Balaban J connectivity index is 1.80. The molecule has 1 aromatic rings. The predicted molar refractivity (Wildman–Crippen MR) is 107 cm³/mol. The summed E-state index contributed by atoms with van der Waals surface area (Å²) < 4.78 is 1.09. The first-order chi connectivity index (χ1) is 11.8. The number of benzene rings is 1. The van der Waals surface area contributed by atoms with Crippen LogP contribution in [-0.4, -0.2) is 50.1 Å². The third kappa shape index (κ3) is 6.57. The minimum absolute atomic E-state index is 0.0432. The summed E-state index contributed by atoms with van der Waals surface area (Å²) in [5, 5.41) is 9.41. The van der Waals surface area contributed by atoms with Gasteiger partial charge >= 0.3 is 0 Å². The van der Waals surface area contributed by atoms with E-state index in [0.29, 0.717) is 12.0 Å². The Morgan fingerprint density at radius 1 is 1.32 bits per heavy atom. The first-order valence-electron chi connectivity index (χ1n) is 8.55. The van der Waals surface area contributed by atoms with Crippen LogP contribution < -0.4 is 20.9 Å². The Labute approximate surface area is 158 Å². The topological polar surface area (TPSA) is 68.8 Å². The van der Waals surface area contributed by atoms with Crippen LogP contribution in [0, 0.1) is 0 Å². The van der Waals surface area contributed by atoms with Gasteiger partial charge < -0.3 is 20.9 Å². The highest BCUT2D eigenvalue weighted by atomic mass is 79.9. The third-order valence-electron chi connectivity index (χ3n) is 3.88. The van der Waals surface area contributed by atoms with Crippen molar-refractivity contribution in [3.63, 3.8) is 0 Å². The maximum atomic E-state index is 11.9.